The number of nitrogens with one attached hydrogen (secondary N) is 1. The third-order valence-electron chi connectivity index (χ3n) is 1.74. The van der Waals surface area contributed by atoms with Gasteiger partial charge in [0.1, 0.15) is 0 Å². The van der Waals surface area contributed by atoms with Crippen molar-refractivity contribution in [3.05, 3.63) is 0 Å². The summed E-state index contributed by atoms with van der Waals surface area (Å²) in [5.41, 5.74) is 5.30. The summed E-state index contributed by atoms with van der Waals surface area (Å²) < 4.78 is 46.8. The number of sulfone groups is 1. The van der Waals surface area contributed by atoms with Crippen LogP contribution in [0.15, 0.2) is 5.16 Å². The lowest BCUT2D eigenvalue weighted by Crippen LogP contribution is -2.46. The lowest BCUT2D eigenvalue weighted by Gasteiger charge is -2.16. The summed E-state index contributed by atoms with van der Waals surface area (Å²) >= 11 is 0. The standard InChI is InChI=1S/C7H17N3O5S2/c1-3-4-6(7(8)9-11)10-17(14,15)5-16(2,12)13/h6,10-11H,3-5H2,1-2H3,(H2,8,9). The monoisotopic (exact) mass is 287 g/mol. The molecule has 10 heteroatoms. The predicted octanol–water partition coefficient (Wildman–Crippen LogP) is -1.18. The number of rotatable bonds is 7. The number of oxime groups is 1. The number of sulfonamides is 1. The van der Waals surface area contributed by atoms with Gasteiger partial charge in [-0.2, -0.15) is 0 Å². The van der Waals surface area contributed by atoms with Crippen LogP contribution < -0.4 is 10.5 Å². The Balaban J connectivity index is 4.88. The van der Waals surface area contributed by atoms with Crippen molar-refractivity contribution in [2.75, 3.05) is 11.3 Å². The van der Waals surface area contributed by atoms with Crippen LogP contribution in [0.25, 0.3) is 0 Å². The first-order valence-electron chi connectivity index (χ1n) is 4.76. The zero-order valence-corrected chi connectivity index (χ0v) is 11.3. The normalized spacial score (nSPS) is 15.8. The molecule has 1 atom stereocenters. The summed E-state index contributed by atoms with van der Waals surface area (Å²) in [5.74, 6) is -0.302. The fourth-order valence-corrected chi connectivity index (χ4v) is 4.36. The van der Waals surface area contributed by atoms with Crippen molar-refractivity contribution in [2.45, 2.75) is 25.8 Å². The molecule has 0 aliphatic carbocycles. The number of nitrogens with zero attached hydrogens (tertiary/aromatic N) is 1. The molecule has 0 amide bonds. The van der Waals surface area contributed by atoms with Gasteiger partial charge in [0.05, 0.1) is 6.04 Å². The smallest absolute Gasteiger partial charge is 0.226 e. The van der Waals surface area contributed by atoms with Gasteiger partial charge in [-0.15, -0.1) is 0 Å². The lowest BCUT2D eigenvalue weighted by atomic mass is 10.2. The highest BCUT2D eigenvalue weighted by atomic mass is 32.3. The van der Waals surface area contributed by atoms with Crippen molar-refractivity contribution in [1.82, 2.24) is 4.72 Å². The van der Waals surface area contributed by atoms with Gasteiger partial charge in [0, 0.05) is 6.26 Å². The average molecular weight is 287 g/mol. The molecule has 0 aromatic heterocycles. The van der Waals surface area contributed by atoms with Crippen LogP contribution >= 0.6 is 0 Å². The van der Waals surface area contributed by atoms with Gasteiger partial charge in [0.2, 0.25) is 10.0 Å². The summed E-state index contributed by atoms with van der Waals surface area (Å²) in [4.78, 5) is 0. The van der Waals surface area contributed by atoms with E-state index in [1.807, 2.05) is 0 Å². The molecule has 102 valence electrons. The van der Waals surface area contributed by atoms with Crippen LogP contribution in [0.4, 0.5) is 0 Å². The molecule has 0 fully saturated rings. The minimum atomic E-state index is -4.03. The summed E-state index contributed by atoms with van der Waals surface area (Å²) in [6.45, 7) is 1.78. The second kappa shape index (κ2) is 6.17. The van der Waals surface area contributed by atoms with Crippen molar-refractivity contribution in [1.29, 1.82) is 0 Å². The topological polar surface area (TPSA) is 139 Å². The molecule has 0 bridgehead atoms. The van der Waals surface area contributed by atoms with Crippen molar-refractivity contribution in [3.8, 4) is 0 Å². The molecule has 0 rings (SSSR count). The maximum Gasteiger partial charge on any atom is 0.226 e. The molecule has 0 radical (unpaired) electrons. The zero-order chi connectivity index (χ0) is 13.7. The number of amidine groups is 1. The summed E-state index contributed by atoms with van der Waals surface area (Å²) in [6.07, 6.45) is 1.70. The molecule has 0 aliphatic rings. The first-order chi connectivity index (χ1) is 7.61. The second-order valence-corrected chi connectivity index (χ2v) is 7.90. The molecular formula is C7H17N3O5S2. The lowest BCUT2D eigenvalue weighted by molar-refractivity contribution is 0.315. The van der Waals surface area contributed by atoms with Crippen molar-refractivity contribution in [3.63, 3.8) is 0 Å². The van der Waals surface area contributed by atoms with Crippen LogP contribution in [0.3, 0.4) is 0 Å². The van der Waals surface area contributed by atoms with Crippen molar-refractivity contribution in [2.24, 2.45) is 10.9 Å². The Morgan fingerprint density at radius 1 is 1.41 bits per heavy atom. The molecule has 4 N–H and O–H groups in total. The Bertz CT molecular complexity index is 468. The van der Waals surface area contributed by atoms with E-state index in [0.717, 1.165) is 6.26 Å². The fourth-order valence-electron chi connectivity index (χ4n) is 1.16. The largest absolute Gasteiger partial charge is 0.409 e. The molecule has 1 unspecified atom stereocenters. The highest BCUT2D eigenvalue weighted by Gasteiger charge is 2.24. The molecule has 0 saturated carbocycles. The van der Waals surface area contributed by atoms with Crippen molar-refractivity contribution < 1.29 is 22.0 Å². The van der Waals surface area contributed by atoms with Crippen molar-refractivity contribution >= 4 is 25.7 Å². The minimum Gasteiger partial charge on any atom is -0.409 e. The van der Waals surface area contributed by atoms with E-state index in [1.54, 1.807) is 6.92 Å². The van der Waals surface area contributed by atoms with Gasteiger partial charge in [0.25, 0.3) is 0 Å². The van der Waals surface area contributed by atoms with Crippen LogP contribution in [0, 0.1) is 0 Å². The molecule has 0 aliphatic heterocycles. The van der Waals surface area contributed by atoms with Gasteiger partial charge in [-0.1, -0.05) is 18.5 Å². The number of hydrogen-bond acceptors (Lipinski definition) is 6. The Morgan fingerprint density at radius 3 is 2.29 bits per heavy atom. The molecular weight excluding hydrogens is 270 g/mol. The Hall–Kier alpha value is -0.870. The molecule has 8 nitrogen and oxygen atoms in total. The van der Waals surface area contributed by atoms with Gasteiger partial charge < -0.3 is 10.9 Å². The quantitative estimate of drug-likeness (QED) is 0.233. The summed E-state index contributed by atoms with van der Waals surface area (Å²) in [5, 5.41) is 10.1. The third-order valence-corrected chi connectivity index (χ3v) is 5.34. The zero-order valence-electron chi connectivity index (χ0n) is 9.62. The van der Waals surface area contributed by atoms with Gasteiger partial charge in [0.15, 0.2) is 20.8 Å². The van der Waals surface area contributed by atoms with Crippen LogP contribution in [0.1, 0.15) is 19.8 Å². The van der Waals surface area contributed by atoms with E-state index in [-0.39, 0.29) is 5.84 Å². The van der Waals surface area contributed by atoms with E-state index in [1.165, 1.54) is 0 Å². The van der Waals surface area contributed by atoms with Gasteiger partial charge in [-0.25, -0.2) is 21.6 Å². The Labute approximate surface area is 101 Å². The summed E-state index contributed by atoms with van der Waals surface area (Å²) in [7, 11) is -7.69. The first-order valence-corrected chi connectivity index (χ1v) is 8.47. The van der Waals surface area contributed by atoms with Crippen LogP contribution in [0.5, 0.6) is 0 Å². The molecule has 0 spiro atoms. The third kappa shape index (κ3) is 7.13. The second-order valence-electron chi connectivity index (χ2n) is 3.64. The average Bonchev–Trinajstić information content (AvgIpc) is 2.11. The molecule has 0 heterocycles. The SMILES string of the molecule is CCCC(NS(=O)(=O)CS(C)(=O)=O)C(N)=NO. The van der Waals surface area contributed by atoms with E-state index in [2.05, 4.69) is 9.88 Å². The Morgan fingerprint density at radius 2 is 1.94 bits per heavy atom. The minimum absolute atomic E-state index is 0.302. The van der Waals surface area contributed by atoms with E-state index >= 15 is 0 Å². The van der Waals surface area contributed by atoms with Gasteiger partial charge in [-0.3, -0.25) is 0 Å². The van der Waals surface area contributed by atoms with Crippen LogP contribution in [-0.2, 0) is 19.9 Å². The Kier molecular flexibility index (Phi) is 5.85. The highest BCUT2D eigenvalue weighted by Crippen LogP contribution is 2.01. The first kappa shape index (κ1) is 16.1. The molecule has 0 aromatic carbocycles. The van der Waals surface area contributed by atoms with Gasteiger partial charge >= 0.3 is 0 Å². The highest BCUT2D eigenvalue weighted by molar-refractivity contribution is 8.06. The maximum absolute atomic E-state index is 11.5. The van der Waals surface area contributed by atoms with E-state index < -0.39 is 31.0 Å². The molecule has 17 heavy (non-hydrogen) atoms. The summed E-state index contributed by atoms with van der Waals surface area (Å²) in [6, 6.07) is -0.906. The van der Waals surface area contributed by atoms with E-state index in [4.69, 9.17) is 10.9 Å². The van der Waals surface area contributed by atoms with E-state index in [9.17, 15) is 16.8 Å². The fraction of sp³-hybridized carbons (Fsp3) is 0.857. The molecule has 0 saturated heterocycles. The number of hydrogen-bond donors (Lipinski definition) is 3. The predicted molar refractivity (Wildman–Crippen MR) is 63.9 cm³/mol. The molecule has 0 aromatic rings. The van der Waals surface area contributed by atoms with Crippen LogP contribution in [-0.4, -0.2) is 45.3 Å². The maximum atomic E-state index is 11.5. The number of nitrogens with two attached hydrogens (primary N) is 1. The van der Waals surface area contributed by atoms with E-state index in [0.29, 0.717) is 12.8 Å². The van der Waals surface area contributed by atoms with Gasteiger partial charge in [-0.05, 0) is 6.42 Å². The van der Waals surface area contributed by atoms with Crippen LogP contribution in [0.2, 0.25) is 0 Å².